The Morgan fingerprint density at radius 2 is 2.08 bits per heavy atom. The Morgan fingerprint density at radius 1 is 1.25 bits per heavy atom. The van der Waals surface area contributed by atoms with Crippen LogP contribution in [0.4, 0.5) is 5.69 Å². The Balaban J connectivity index is 2.41. The van der Waals surface area contributed by atoms with Gasteiger partial charge in [0.2, 0.25) is 0 Å². The zero-order valence-corrected chi connectivity index (χ0v) is 6.62. The molecule has 3 nitrogen and oxygen atoms in total. The highest BCUT2D eigenvalue weighted by Gasteiger charge is 2.18. The third-order valence-corrected chi connectivity index (χ3v) is 2.05. The summed E-state index contributed by atoms with van der Waals surface area (Å²) in [6, 6.07) is 8.05. The normalized spacial score (nSPS) is 14.5. The third kappa shape index (κ3) is 1.11. The first-order chi connectivity index (χ1) is 5.90. The molecule has 1 aromatic carbocycles. The minimum atomic E-state index is 0.647. The standard InChI is InChI=1S/C9H9N3/c10-12-9-6-5-7-3-1-2-4-8(7)11-9/h1-4,11H,5-6H2. The molecule has 0 unspecified atom stereocenters. The van der Waals surface area contributed by atoms with Crippen molar-refractivity contribution in [2.45, 2.75) is 12.8 Å². The highest BCUT2D eigenvalue weighted by molar-refractivity contribution is 5.94. The van der Waals surface area contributed by atoms with Gasteiger partial charge in [0.25, 0.3) is 0 Å². The summed E-state index contributed by atoms with van der Waals surface area (Å²) in [5.74, 6) is 0.647. The average Bonchev–Trinajstić information content (AvgIpc) is 2.17. The second-order valence-corrected chi connectivity index (χ2v) is 2.83. The van der Waals surface area contributed by atoms with E-state index >= 15 is 0 Å². The summed E-state index contributed by atoms with van der Waals surface area (Å²) < 4.78 is 0. The maximum absolute atomic E-state index is 8.54. The van der Waals surface area contributed by atoms with Gasteiger partial charge in [0.15, 0.2) is 0 Å². The van der Waals surface area contributed by atoms with Crippen molar-refractivity contribution >= 4 is 11.5 Å². The lowest BCUT2D eigenvalue weighted by Crippen LogP contribution is -2.20. The van der Waals surface area contributed by atoms with Gasteiger partial charge in [0, 0.05) is 0 Å². The molecular weight excluding hydrogens is 150 g/mol. The number of hydrogen-bond acceptors (Lipinski definition) is 0. The first-order valence-corrected chi connectivity index (χ1v) is 3.96. The lowest BCUT2D eigenvalue weighted by atomic mass is 10.0. The van der Waals surface area contributed by atoms with E-state index in [4.69, 9.17) is 5.53 Å². The first kappa shape index (κ1) is 7.07. The zero-order chi connectivity index (χ0) is 8.39. The molecule has 0 atom stereocenters. The second-order valence-electron chi connectivity index (χ2n) is 2.83. The van der Waals surface area contributed by atoms with Crippen LogP contribution in [0.2, 0.25) is 0 Å². The fourth-order valence-electron chi connectivity index (χ4n) is 1.41. The number of nitrogens with one attached hydrogen (secondary N) is 1. The van der Waals surface area contributed by atoms with Crippen molar-refractivity contribution in [1.82, 2.24) is 0 Å². The Labute approximate surface area is 70.7 Å². The maximum atomic E-state index is 8.54. The van der Waals surface area contributed by atoms with E-state index in [1.54, 1.807) is 0 Å². The second kappa shape index (κ2) is 2.80. The maximum Gasteiger partial charge on any atom is 0.332 e. The number of benzene rings is 1. The number of aryl methyl sites for hydroxylation is 1. The van der Waals surface area contributed by atoms with E-state index in [-0.39, 0.29) is 0 Å². The number of hydrogen-bond donors (Lipinski definition) is 1. The van der Waals surface area contributed by atoms with Gasteiger partial charge >= 0.3 is 5.84 Å². The van der Waals surface area contributed by atoms with Crippen LogP contribution >= 0.6 is 0 Å². The van der Waals surface area contributed by atoms with Crippen LogP contribution in [-0.2, 0) is 6.42 Å². The van der Waals surface area contributed by atoms with Gasteiger partial charge in [-0.3, -0.25) is 0 Å². The van der Waals surface area contributed by atoms with Gasteiger partial charge in [-0.25, -0.2) is 5.32 Å². The van der Waals surface area contributed by atoms with Gasteiger partial charge in [-0.15, -0.1) is 0 Å². The summed E-state index contributed by atoms with van der Waals surface area (Å²) in [6.45, 7) is 0. The predicted molar refractivity (Wildman–Crippen MR) is 47.0 cm³/mol. The molecule has 0 saturated carbocycles. The van der Waals surface area contributed by atoms with E-state index < -0.39 is 0 Å². The van der Waals surface area contributed by atoms with E-state index in [0.29, 0.717) is 5.84 Å². The summed E-state index contributed by atoms with van der Waals surface area (Å²) in [6.07, 6.45) is 1.73. The van der Waals surface area contributed by atoms with Gasteiger partial charge in [-0.1, -0.05) is 18.2 Å². The number of fused-ring (bicyclic) bond motifs is 1. The summed E-state index contributed by atoms with van der Waals surface area (Å²) in [5.41, 5.74) is 10.9. The number of para-hydroxylation sites is 1. The molecule has 1 aliphatic rings. The predicted octanol–water partition coefficient (Wildman–Crippen LogP) is 1.67. The molecule has 1 aliphatic heterocycles. The average molecular weight is 159 g/mol. The van der Waals surface area contributed by atoms with Crippen LogP contribution < -0.4 is 5.32 Å². The van der Waals surface area contributed by atoms with Gasteiger partial charge in [-0.05, 0) is 18.1 Å². The molecule has 60 valence electrons. The number of nitrogens with zero attached hydrogens (tertiary/aromatic N) is 2. The largest absolute Gasteiger partial charge is 0.498 e. The molecule has 3 heteroatoms. The molecule has 0 bridgehead atoms. The topological polar surface area (TPSA) is 48.4 Å². The van der Waals surface area contributed by atoms with Crippen LogP contribution in [0.1, 0.15) is 12.0 Å². The molecule has 12 heavy (non-hydrogen) atoms. The molecule has 1 N–H and O–H groups in total. The molecule has 0 saturated heterocycles. The number of amidine groups is 1. The highest BCUT2D eigenvalue weighted by Crippen LogP contribution is 2.20. The summed E-state index contributed by atoms with van der Waals surface area (Å²) in [4.78, 5) is 3.15. The van der Waals surface area contributed by atoms with Crippen molar-refractivity contribution < 1.29 is 4.79 Å². The van der Waals surface area contributed by atoms with Crippen molar-refractivity contribution in [1.29, 1.82) is 0 Å². The van der Waals surface area contributed by atoms with Gasteiger partial charge in [0.1, 0.15) is 5.69 Å². The van der Waals surface area contributed by atoms with Crippen LogP contribution in [0.3, 0.4) is 0 Å². The fourth-order valence-corrected chi connectivity index (χ4v) is 1.41. The SMILES string of the molecule is [N-]=[N+]=C1CCc2ccccc2N1. The van der Waals surface area contributed by atoms with Crippen LogP contribution in [0.15, 0.2) is 24.3 Å². The molecule has 1 heterocycles. The molecule has 0 aromatic heterocycles. The quantitative estimate of drug-likeness (QED) is 0.454. The van der Waals surface area contributed by atoms with Crippen molar-refractivity contribution in [3.05, 3.63) is 35.4 Å². The lowest BCUT2D eigenvalue weighted by Gasteiger charge is -2.10. The smallest absolute Gasteiger partial charge is 0.332 e. The van der Waals surface area contributed by atoms with E-state index in [9.17, 15) is 0 Å². The molecule has 0 fully saturated rings. The number of rotatable bonds is 0. The highest BCUT2D eigenvalue weighted by atomic mass is 15.0. The Morgan fingerprint density at radius 3 is 2.92 bits per heavy atom. The van der Waals surface area contributed by atoms with Gasteiger partial charge < -0.3 is 10.3 Å². The van der Waals surface area contributed by atoms with Gasteiger partial charge in [0.05, 0.1) is 6.42 Å². The van der Waals surface area contributed by atoms with Crippen molar-refractivity contribution in [3.8, 4) is 0 Å². The van der Waals surface area contributed by atoms with E-state index in [2.05, 4.69) is 16.2 Å². The van der Waals surface area contributed by atoms with Crippen LogP contribution in [-0.4, -0.2) is 10.6 Å². The Hall–Kier alpha value is -1.60. The zero-order valence-electron chi connectivity index (χ0n) is 6.62. The molecule has 0 aliphatic carbocycles. The van der Waals surface area contributed by atoms with Crippen LogP contribution in [0, 0.1) is 0 Å². The number of anilines is 1. The van der Waals surface area contributed by atoms with Crippen LogP contribution in [0.5, 0.6) is 0 Å². The molecule has 0 amide bonds. The summed E-state index contributed by atoms with van der Waals surface area (Å²) >= 11 is 0. The van der Waals surface area contributed by atoms with Gasteiger partial charge in [-0.2, -0.15) is 0 Å². The van der Waals surface area contributed by atoms with Crippen molar-refractivity contribution in [2.75, 3.05) is 5.32 Å². The van der Waals surface area contributed by atoms with E-state index in [0.717, 1.165) is 18.5 Å². The monoisotopic (exact) mass is 159 g/mol. The Bertz CT molecular complexity index is 351. The molecule has 2 rings (SSSR count). The molecule has 0 radical (unpaired) electrons. The molecule has 1 aromatic rings. The summed E-state index contributed by atoms with van der Waals surface area (Å²) in [7, 11) is 0. The van der Waals surface area contributed by atoms with E-state index in [1.165, 1.54) is 5.56 Å². The molecule has 0 spiro atoms. The third-order valence-electron chi connectivity index (χ3n) is 2.05. The van der Waals surface area contributed by atoms with E-state index in [1.807, 2.05) is 18.2 Å². The minimum absolute atomic E-state index is 0.647. The first-order valence-electron chi connectivity index (χ1n) is 3.96. The summed E-state index contributed by atoms with van der Waals surface area (Å²) in [5, 5.41) is 3.05. The van der Waals surface area contributed by atoms with Crippen LogP contribution in [0.25, 0.3) is 5.53 Å². The minimum Gasteiger partial charge on any atom is -0.498 e. The molecular formula is C9H9N3. The van der Waals surface area contributed by atoms with Crippen molar-refractivity contribution in [2.24, 2.45) is 0 Å². The lowest BCUT2D eigenvalue weighted by molar-refractivity contribution is -0.00829. The Kier molecular flexibility index (Phi) is 1.65. The van der Waals surface area contributed by atoms with Crippen molar-refractivity contribution in [3.63, 3.8) is 0 Å². The fraction of sp³-hybridized carbons (Fsp3) is 0.222.